The van der Waals surface area contributed by atoms with Gasteiger partial charge in [0.15, 0.2) is 5.16 Å². The van der Waals surface area contributed by atoms with E-state index in [4.69, 9.17) is 0 Å². The lowest BCUT2D eigenvalue weighted by Crippen LogP contribution is -2.19. The van der Waals surface area contributed by atoms with E-state index in [1.54, 1.807) is 11.8 Å². The molecule has 0 bridgehead atoms. The molecule has 0 radical (unpaired) electrons. The van der Waals surface area contributed by atoms with E-state index in [1.165, 1.54) is 5.56 Å². The largest absolute Gasteiger partial charge is 0.312 e. The molecule has 6 heteroatoms. The van der Waals surface area contributed by atoms with Crippen LogP contribution in [0.15, 0.2) is 22.6 Å². The second-order valence-electron chi connectivity index (χ2n) is 5.66. The van der Waals surface area contributed by atoms with Gasteiger partial charge in [0.25, 0.3) is 0 Å². The molecular weight excluding hydrogens is 282 g/mol. The van der Waals surface area contributed by atoms with Gasteiger partial charge in [-0.05, 0) is 43.6 Å². The molecule has 0 aliphatic heterocycles. The molecule has 2 rings (SSSR count). The van der Waals surface area contributed by atoms with E-state index in [9.17, 15) is 0 Å². The number of hydrogen-bond acceptors (Lipinski definition) is 5. The molecular formula is C15H23N5S. The first-order valence-corrected chi connectivity index (χ1v) is 7.98. The fraction of sp³-hybridized carbons (Fsp3) is 0.533. The van der Waals surface area contributed by atoms with E-state index in [1.807, 2.05) is 38.0 Å². The molecule has 0 atom stereocenters. The first-order chi connectivity index (χ1) is 9.97. The number of nitrogens with one attached hydrogen (secondary N) is 1. The first kappa shape index (κ1) is 16.0. The minimum atomic E-state index is 0.638. The maximum atomic E-state index is 4.52. The molecule has 0 amide bonds. The Balaban J connectivity index is 2.16. The van der Waals surface area contributed by atoms with E-state index in [2.05, 4.69) is 34.2 Å². The van der Waals surface area contributed by atoms with Gasteiger partial charge in [-0.2, -0.15) is 5.10 Å². The van der Waals surface area contributed by atoms with Crippen molar-refractivity contribution in [2.45, 2.75) is 44.4 Å². The van der Waals surface area contributed by atoms with Gasteiger partial charge in [0, 0.05) is 31.5 Å². The minimum Gasteiger partial charge on any atom is -0.312 e. The molecule has 0 aliphatic carbocycles. The van der Waals surface area contributed by atoms with Crippen molar-refractivity contribution in [1.82, 2.24) is 25.1 Å². The van der Waals surface area contributed by atoms with Crippen molar-refractivity contribution in [2.75, 3.05) is 6.54 Å². The average molecular weight is 305 g/mol. The molecule has 0 saturated carbocycles. The van der Waals surface area contributed by atoms with E-state index in [0.29, 0.717) is 5.92 Å². The average Bonchev–Trinajstić information content (AvgIpc) is 2.68. The molecule has 114 valence electrons. The Morgan fingerprint density at radius 1 is 1.24 bits per heavy atom. The fourth-order valence-electron chi connectivity index (χ4n) is 2.02. The highest BCUT2D eigenvalue weighted by atomic mass is 32.2. The predicted octanol–water partition coefficient (Wildman–Crippen LogP) is 2.72. The number of aromatic nitrogens is 4. The highest BCUT2D eigenvalue weighted by molar-refractivity contribution is 7.99. The van der Waals surface area contributed by atoms with Crippen LogP contribution < -0.4 is 5.32 Å². The molecule has 0 aromatic carbocycles. The smallest absolute Gasteiger partial charge is 0.193 e. The van der Waals surface area contributed by atoms with E-state index < -0.39 is 0 Å². The van der Waals surface area contributed by atoms with Gasteiger partial charge in [-0.1, -0.05) is 13.8 Å². The highest BCUT2D eigenvalue weighted by Crippen LogP contribution is 2.29. The van der Waals surface area contributed by atoms with Crippen molar-refractivity contribution in [3.8, 4) is 0 Å². The molecule has 0 spiro atoms. The number of aryl methyl sites for hydroxylation is 3. The fourth-order valence-corrected chi connectivity index (χ4v) is 2.92. The van der Waals surface area contributed by atoms with Gasteiger partial charge in [0.2, 0.25) is 0 Å². The Bertz CT molecular complexity index is 589. The summed E-state index contributed by atoms with van der Waals surface area (Å²) in [5.74, 6) is 0.638. The van der Waals surface area contributed by atoms with Crippen molar-refractivity contribution in [3.63, 3.8) is 0 Å². The summed E-state index contributed by atoms with van der Waals surface area (Å²) in [5, 5.41) is 9.87. The minimum absolute atomic E-state index is 0.638. The second kappa shape index (κ2) is 7.04. The topological polar surface area (TPSA) is 55.6 Å². The number of hydrogen-bond donors (Lipinski definition) is 1. The molecule has 2 heterocycles. The Morgan fingerprint density at radius 2 is 1.90 bits per heavy atom. The van der Waals surface area contributed by atoms with Crippen molar-refractivity contribution in [1.29, 1.82) is 0 Å². The predicted molar refractivity (Wildman–Crippen MR) is 85.4 cm³/mol. The monoisotopic (exact) mass is 305 g/mol. The maximum Gasteiger partial charge on any atom is 0.193 e. The van der Waals surface area contributed by atoms with Crippen molar-refractivity contribution >= 4 is 11.8 Å². The van der Waals surface area contributed by atoms with Crippen LogP contribution >= 0.6 is 11.8 Å². The van der Waals surface area contributed by atoms with Gasteiger partial charge in [-0.15, -0.1) is 0 Å². The Hall–Kier alpha value is -1.40. The standard InChI is InChI=1S/C15H23N5S/c1-10(2)6-16-9-13-12(4)19-20(5)14(13)21-15-17-7-11(3)8-18-15/h7-8,10,16H,6,9H2,1-5H3. The normalized spacial score (nSPS) is 11.3. The molecule has 0 unspecified atom stereocenters. The lowest BCUT2D eigenvalue weighted by atomic mass is 10.2. The maximum absolute atomic E-state index is 4.52. The number of nitrogens with zero attached hydrogens (tertiary/aromatic N) is 4. The lowest BCUT2D eigenvalue weighted by Gasteiger charge is -2.09. The molecule has 0 fully saturated rings. The van der Waals surface area contributed by atoms with Crippen LogP contribution in [0.3, 0.4) is 0 Å². The van der Waals surface area contributed by atoms with Gasteiger partial charge >= 0.3 is 0 Å². The van der Waals surface area contributed by atoms with Crippen LogP contribution in [0.25, 0.3) is 0 Å². The summed E-state index contributed by atoms with van der Waals surface area (Å²) in [4.78, 5) is 8.73. The highest BCUT2D eigenvalue weighted by Gasteiger charge is 2.15. The Morgan fingerprint density at radius 3 is 2.52 bits per heavy atom. The SMILES string of the molecule is Cc1cnc(Sc2c(CNCC(C)C)c(C)nn2C)nc1. The molecule has 5 nitrogen and oxygen atoms in total. The zero-order valence-corrected chi connectivity index (χ0v) is 14.2. The molecule has 0 saturated heterocycles. The van der Waals surface area contributed by atoms with E-state index in [-0.39, 0.29) is 0 Å². The van der Waals surface area contributed by atoms with Crippen molar-refractivity contribution < 1.29 is 0 Å². The van der Waals surface area contributed by atoms with Crippen LogP contribution in [-0.2, 0) is 13.6 Å². The summed E-state index contributed by atoms with van der Waals surface area (Å²) < 4.78 is 1.91. The van der Waals surface area contributed by atoms with Crippen LogP contribution in [0.1, 0.15) is 30.7 Å². The summed E-state index contributed by atoms with van der Waals surface area (Å²) in [5.41, 5.74) is 3.36. The van der Waals surface area contributed by atoms with E-state index in [0.717, 1.165) is 34.5 Å². The van der Waals surface area contributed by atoms with Crippen LogP contribution in [0, 0.1) is 19.8 Å². The zero-order valence-electron chi connectivity index (χ0n) is 13.3. The van der Waals surface area contributed by atoms with Gasteiger partial charge in [0.05, 0.1) is 5.69 Å². The van der Waals surface area contributed by atoms with Gasteiger partial charge in [-0.3, -0.25) is 4.68 Å². The number of rotatable bonds is 6. The molecule has 1 N–H and O–H groups in total. The van der Waals surface area contributed by atoms with E-state index >= 15 is 0 Å². The quantitative estimate of drug-likeness (QED) is 0.832. The molecule has 21 heavy (non-hydrogen) atoms. The van der Waals surface area contributed by atoms with Crippen molar-refractivity contribution in [2.24, 2.45) is 13.0 Å². The third-order valence-electron chi connectivity index (χ3n) is 3.09. The molecule has 2 aromatic rings. The van der Waals surface area contributed by atoms with Gasteiger partial charge in [-0.25, -0.2) is 9.97 Å². The summed E-state index contributed by atoms with van der Waals surface area (Å²) in [7, 11) is 1.97. The summed E-state index contributed by atoms with van der Waals surface area (Å²) >= 11 is 1.57. The van der Waals surface area contributed by atoms with Gasteiger partial charge in [0.1, 0.15) is 5.03 Å². The van der Waals surface area contributed by atoms with Crippen LogP contribution in [0.4, 0.5) is 0 Å². The molecule has 0 aliphatic rings. The Kier molecular flexibility index (Phi) is 5.36. The third kappa shape index (κ3) is 4.28. The molecule has 2 aromatic heterocycles. The zero-order chi connectivity index (χ0) is 15.4. The van der Waals surface area contributed by atoms with Crippen LogP contribution in [-0.4, -0.2) is 26.3 Å². The van der Waals surface area contributed by atoms with Crippen LogP contribution in [0.5, 0.6) is 0 Å². The first-order valence-electron chi connectivity index (χ1n) is 7.17. The third-order valence-corrected chi connectivity index (χ3v) is 4.19. The summed E-state index contributed by atoms with van der Waals surface area (Å²) in [6, 6.07) is 0. The van der Waals surface area contributed by atoms with Crippen molar-refractivity contribution in [3.05, 3.63) is 29.2 Å². The van der Waals surface area contributed by atoms with Gasteiger partial charge < -0.3 is 5.32 Å². The summed E-state index contributed by atoms with van der Waals surface area (Å²) in [6.07, 6.45) is 3.69. The summed E-state index contributed by atoms with van der Waals surface area (Å²) in [6.45, 7) is 10.3. The lowest BCUT2D eigenvalue weighted by molar-refractivity contribution is 0.548. The second-order valence-corrected chi connectivity index (χ2v) is 6.62. The Labute approximate surface area is 130 Å². The van der Waals surface area contributed by atoms with Crippen LogP contribution in [0.2, 0.25) is 0 Å².